The van der Waals surface area contributed by atoms with Crippen molar-refractivity contribution in [2.75, 3.05) is 19.6 Å². The predicted octanol–water partition coefficient (Wildman–Crippen LogP) is 1.81. The van der Waals surface area contributed by atoms with Gasteiger partial charge in [0.15, 0.2) is 0 Å². The van der Waals surface area contributed by atoms with Gasteiger partial charge in [0.25, 0.3) is 0 Å². The summed E-state index contributed by atoms with van der Waals surface area (Å²) in [6.07, 6.45) is 3.44. The molecule has 2 rings (SSSR count). The fourth-order valence-corrected chi connectivity index (χ4v) is 3.18. The number of aromatic nitrogens is 1. The number of thiazole rings is 1. The van der Waals surface area contributed by atoms with Crippen LogP contribution in [0.1, 0.15) is 41.7 Å². The Morgan fingerprint density at radius 3 is 2.89 bits per heavy atom. The summed E-state index contributed by atoms with van der Waals surface area (Å²) in [4.78, 5) is 17.5. The third-order valence-corrected chi connectivity index (χ3v) is 4.31. The van der Waals surface area contributed by atoms with Gasteiger partial charge in [-0.15, -0.1) is 11.3 Å². The van der Waals surface area contributed by atoms with E-state index in [9.17, 15) is 4.79 Å². The Morgan fingerprint density at radius 2 is 2.32 bits per heavy atom. The quantitative estimate of drug-likeness (QED) is 0.833. The van der Waals surface area contributed by atoms with Gasteiger partial charge >= 0.3 is 5.97 Å². The van der Waals surface area contributed by atoms with Crippen molar-refractivity contribution in [3.8, 4) is 0 Å². The SMILES string of the molecule is CCCN(Cc1csc(C(=O)O)n1)C1CCNCC1. The topological polar surface area (TPSA) is 65.5 Å². The Labute approximate surface area is 117 Å². The van der Waals surface area contributed by atoms with Crippen LogP contribution in [0.5, 0.6) is 0 Å². The lowest BCUT2D eigenvalue weighted by molar-refractivity contribution is 0.0696. The van der Waals surface area contributed by atoms with Crippen molar-refractivity contribution in [2.24, 2.45) is 0 Å². The van der Waals surface area contributed by atoms with Gasteiger partial charge in [0.05, 0.1) is 5.69 Å². The summed E-state index contributed by atoms with van der Waals surface area (Å²) < 4.78 is 0. The van der Waals surface area contributed by atoms with Crippen molar-refractivity contribution in [3.63, 3.8) is 0 Å². The molecule has 0 aromatic carbocycles. The molecule has 0 aliphatic carbocycles. The van der Waals surface area contributed by atoms with Crippen molar-refractivity contribution < 1.29 is 9.90 Å². The largest absolute Gasteiger partial charge is 0.476 e. The second kappa shape index (κ2) is 6.98. The Morgan fingerprint density at radius 1 is 1.58 bits per heavy atom. The summed E-state index contributed by atoms with van der Waals surface area (Å²) in [6, 6.07) is 0.594. The van der Waals surface area contributed by atoms with E-state index in [1.807, 2.05) is 5.38 Å². The first kappa shape index (κ1) is 14.4. The van der Waals surface area contributed by atoms with Crippen molar-refractivity contribution >= 4 is 17.3 Å². The van der Waals surface area contributed by atoms with Crippen LogP contribution in [0.25, 0.3) is 0 Å². The molecule has 1 aromatic heterocycles. The van der Waals surface area contributed by atoms with Crippen LogP contribution in [0, 0.1) is 0 Å². The van der Waals surface area contributed by atoms with Crippen LogP contribution in [0.15, 0.2) is 5.38 Å². The molecule has 0 radical (unpaired) electrons. The Balaban J connectivity index is 2.00. The van der Waals surface area contributed by atoms with E-state index in [1.54, 1.807) is 0 Å². The average Bonchev–Trinajstić information content (AvgIpc) is 2.88. The molecule has 0 saturated carbocycles. The maximum atomic E-state index is 10.9. The van der Waals surface area contributed by atoms with Crippen LogP contribution in [0.3, 0.4) is 0 Å². The number of carboxylic acids is 1. The first-order valence-electron chi connectivity index (χ1n) is 6.83. The standard InChI is InChI=1S/C13H21N3O2S/c1-2-7-16(11-3-5-14-6-4-11)8-10-9-19-12(15-10)13(17)18/h9,11,14H,2-8H2,1H3,(H,17,18). The lowest BCUT2D eigenvalue weighted by Crippen LogP contribution is -2.43. The Kier molecular flexibility index (Phi) is 5.30. The zero-order chi connectivity index (χ0) is 13.7. The van der Waals surface area contributed by atoms with E-state index in [4.69, 9.17) is 5.11 Å². The molecule has 2 heterocycles. The van der Waals surface area contributed by atoms with E-state index < -0.39 is 5.97 Å². The molecule has 2 N–H and O–H groups in total. The number of carboxylic acid groups (broad SMARTS) is 1. The third kappa shape index (κ3) is 3.99. The number of carbonyl (C=O) groups is 1. The predicted molar refractivity (Wildman–Crippen MR) is 75.7 cm³/mol. The third-order valence-electron chi connectivity index (χ3n) is 3.44. The number of aromatic carboxylic acids is 1. The van der Waals surface area contributed by atoms with E-state index in [-0.39, 0.29) is 5.01 Å². The van der Waals surface area contributed by atoms with Crippen LogP contribution in [-0.4, -0.2) is 46.6 Å². The zero-order valence-corrected chi connectivity index (χ0v) is 12.1. The molecule has 0 atom stereocenters. The highest BCUT2D eigenvalue weighted by Crippen LogP contribution is 2.18. The van der Waals surface area contributed by atoms with E-state index >= 15 is 0 Å². The monoisotopic (exact) mass is 283 g/mol. The number of nitrogens with one attached hydrogen (secondary N) is 1. The second-order valence-corrected chi connectivity index (χ2v) is 5.76. The minimum atomic E-state index is -0.930. The number of nitrogens with zero attached hydrogens (tertiary/aromatic N) is 2. The molecule has 0 bridgehead atoms. The van der Waals surface area contributed by atoms with E-state index in [1.165, 1.54) is 11.3 Å². The summed E-state index contributed by atoms with van der Waals surface area (Å²) >= 11 is 1.21. The molecule has 0 unspecified atom stereocenters. The van der Waals surface area contributed by atoms with Crippen LogP contribution in [0.2, 0.25) is 0 Å². The van der Waals surface area contributed by atoms with Crippen molar-refractivity contribution in [2.45, 2.75) is 38.8 Å². The normalized spacial score (nSPS) is 16.9. The number of rotatable bonds is 6. The average molecular weight is 283 g/mol. The zero-order valence-electron chi connectivity index (χ0n) is 11.3. The van der Waals surface area contributed by atoms with E-state index in [0.29, 0.717) is 6.04 Å². The summed E-state index contributed by atoms with van der Waals surface area (Å²) in [6.45, 7) is 6.13. The van der Waals surface area contributed by atoms with Crippen molar-refractivity contribution in [1.82, 2.24) is 15.2 Å². The van der Waals surface area contributed by atoms with E-state index in [2.05, 4.69) is 22.1 Å². The molecule has 0 spiro atoms. The van der Waals surface area contributed by atoms with Gasteiger partial charge in [-0.05, 0) is 38.9 Å². The molecule has 6 heteroatoms. The van der Waals surface area contributed by atoms with Crippen molar-refractivity contribution in [1.29, 1.82) is 0 Å². The van der Waals surface area contributed by atoms with Crippen molar-refractivity contribution in [3.05, 3.63) is 16.1 Å². The lowest BCUT2D eigenvalue weighted by Gasteiger charge is -2.34. The van der Waals surface area contributed by atoms with Crippen LogP contribution in [-0.2, 0) is 6.54 Å². The number of hydrogen-bond donors (Lipinski definition) is 2. The van der Waals surface area contributed by atoms with Gasteiger partial charge in [-0.2, -0.15) is 0 Å². The molecule has 19 heavy (non-hydrogen) atoms. The van der Waals surface area contributed by atoms with Gasteiger partial charge in [0.2, 0.25) is 5.01 Å². The lowest BCUT2D eigenvalue weighted by atomic mass is 10.0. The highest BCUT2D eigenvalue weighted by molar-refractivity contribution is 7.11. The number of piperidine rings is 1. The molecule has 0 amide bonds. The van der Waals surface area contributed by atoms with Gasteiger partial charge in [-0.1, -0.05) is 6.92 Å². The van der Waals surface area contributed by atoms with Gasteiger partial charge in [0.1, 0.15) is 0 Å². The summed E-state index contributed by atoms with van der Waals surface area (Å²) in [5.41, 5.74) is 0.884. The van der Waals surface area contributed by atoms with Crippen LogP contribution < -0.4 is 5.32 Å². The van der Waals surface area contributed by atoms with Gasteiger partial charge in [0, 0.05) is 18.0 Å². The molecule has 1 saturated heterocycles. The Hall–Kier alpha value is -0.980. The molecule has 1 fully saturated rings. The molecule has 1 aromatic rings. The van der Waals surface area contributed by atoms with Gasteiger partial charge in [-0.3, -0.25) is 4.90 Å². The van der Waals surface area contributed by atoms with Crippen LogP contribution >= 0.6 is 11.3 Å². The smallest absolute Gasteiger partial charge is 0.365 e. The first-order chi connectivity index (χ1) is 9.20. The molecule has 106 valence electrons. The highest BCUT2D eigenvalue weighted by Gasteiger charge is 2.21. The first-order valence-corrected chi connectivity index (χ1v) is 7.71. The summed E-state index contributed by atoms with van der Waals surface area (Å²) in [5, 5.41) is 14.3. The molecule has 1 aliphatic rings. The summed E-state index contributed by atoms with van der Waals surface area (Å²) in [7, 11) is 0. The fourth-order valence-electron chi connectivity index (χ4n) is 2.54. The van der Waals surface area contributed by atoms with Gasteiger partial charge in [-0.25, -0.2) is 9.78 Å². The van der Waals surface area contributed by atoms with Crippen LogP contribution in [0.4, 0.5) is 0 Å². The maximum Gasteiger partial charge on any atom is 0.365 e. The van der Waals surface area contributed by atoms with Gasteiger partial charge < -0.3 is 10.4 Å². The minimum Gasteiger partial charge on any atom is -0.476 e. The fraction of sp³-hybridized carbons (Fsp3) is 0.692. The molecular formula is C13H21N3O2S. The van der Waals surface area contributed by atoms with E-state index in [0.717, 1.165) is 51.1 Å². The minimum absolute atomic E-state index is 0.191. The molecule has 5 nitrogen and oxygen atoms in total. The number of hydrogen-bond acceptors (Lipinski definition) is 5. The summed E-state index contributed by atoms with van der Waals surface area (Å²) in [5.74, 6) is -0.930. The highest BCUT2D eigenvalue weighted by atomic mass is 32.1. The second-order valence-electron chi connectivity index (χ2n) is 4.90. The Bertz CT molecular complexity index is 416. The molecular weight excluding hydrogens is 262 g/mol. The molecule has 1 aliphatic heterocycles. The maximum absolute atomic E-state index is 10.9.